The van der Waals surface area contributed by atoms with Gasteiger partial charge < -0.3 is 4.74 Å². The maximum absolute atomic E-state index is 8.52. The lowest BCUT2D eigenvalue weighted by molar-refractivity contribution is 0.327. The highest BCUT2D eigenvalue weighted by Gasteiger charge is 2.01. The van der Waals surface area contributed by atoms with Crippen LogP contribution in [-0.4, -0.2) is 11.6 Å². The van der Waals surface area contributed by atoms with Gasteiger partial charge in [0.15, 0.2) is 0 Å². The van der Waals surface area contributed by atoms with Crippen molar-refractivity contribution in [1.82, 2.24) is 4.98 Å². The fourth-order valence-corrected chi connectivity index (χ4v) is 0.907. The number of nitrogens with zero attached hydrogens (tertiary/aromatic N) is 2. The van der Waals surface area contributed by atoms with Crippen LogP contribution in [0, 0.1) is 11.3 Å². The van der Waals surface area contributed by atoms with Crippen LogP contribution >= 0.6 is 11.6 Å². The molecule has 1 rings (SSSR count). The zero-order chi connectivity index (χ0) is 8.97. The summed E-state index contributed by atoms with van der Waals surface area (Å²) in [4.78, 5) is 3.87. The number of halogens is 1. The Labute approximate surface area is 75.6 Å². The van der Waals surface area contributed by atoms with Crippen molar-refractivity contribution in [2.24, 2.45) is 0 Å². The summed E-state index contributed by atoms with van der Waals surface area (Å²) in [7, 11) is 0. The van der Waals surface area contributed by atoms with Crippen LogP contribution in [0.4, 0.5) is 0 Å². The van der Waals surface area contributed by atoms with Crippen LogP contribution in [0.25, 0.3) is 0 Å². The second-order valence-corrected chi connectivity index (χ2v) is 2.45. The summed E-state index contributed by atoms with van der Waals surface area (Å²) in [5.74, 6) is 0.446. The first-order valence-electron chi connectivity index (χ1n) is 3.46. The number of ether oxygens (including phenoxy) is 1. The summed E-state index contributed by atoms with van der Waals surface area (Å²) in [6.45, 7) is 2.39. The molecule has 1 aromatic rings. The topological polar surface area (TPSA) is 45.9 Å². The SMILES string of the molecule is CCOc1cc(Cl)c(C#N)cn1. The standard InChI is InChI=1S/C8H7ClN2O/c1-2-12-8-3-7(9)6(4-10)5-11-8/h3,5H,2H2,1H3. The number of aromatic nitrogens is 1. The second kappa shape index (κ2) is 3.93. The molecule has 1 heterocycles. The summed E-state index contributed by atoms with van der Waals surface area (Å²) >= 11 is 5.72. The summed E-state index contributed by atoms with van der Waals surface area (Å²) in [6, 6.07) is 3.45. The first kappa shape index (κ1) is 8.82. The van der Waals surface area contributed by atoms with Crippen molar-refractivity contribution < 1.29 is 4.74 Å². The Morgan fingerprint density at radius 2 is 2.50 bits per heavy atom. The van der Waals surface area contributed by atoms with Crippen molar-refractivity contribution >= 4 is 11.6 Å². The van der Waals surface area contributed by atoms with Gasteiger partial charge in [0, 0.05) is 6.07 Å². The van der Waals surface area contributed by atoms with E-state index in [1.807, 2.05) is 13.0 Å². The van der Waals surface area contributed by atoms with Gasteiger partial charge in [-0.15, -0.1) is 0 Å². The fourth-order valence-electron chi connectivity index (χ4n) is 0.722. The lowest BCUT2D eigenvalue weighted by Crippen LogP contribution is -1.94. The van der Waals surface area contributed by atoms with Gasteiger partial charge in [-0.05, 0) is 6.92 Å². The Morgan fingerprint density at radius 3 is 3.00 bits per heavy atom. The molecule has 0 bridgehead atoms. The Bertz CT molecular complexity index is 319. The molecule has 0 aliphatic carbocycles. The minimum absolute atomic E-state index is 0.361. The van der Waals surface area contributed by atoms with Crippen LogP contribution in [-0.2, 0) is 0 Å². The molecule has 0 saturated heterocycles. The molecule has 0 fully saturated rings. The van der Waals surface area contributed by atoms with Gasteiger partial charge in [-0.2, -0.15) is 5.26 Å². The van der Waals surface area contributed by atoms with E-state index in [1.165, 1.54) is 12.3 Å². The van der Waals surface area contributed by atoms with Crippen molar-refractivity contribution in [1.29, 1.82) is 5.26 Å². The van der Waals surface area contributed by atoms with E-state index in [9.17, 15) is 0 Å². The average Bonchev–Trinajstić information content (AvgIpc) is 2.05. The van der Waals surface area contributed by atoms with E-state index in [2.05, 4.69) is 4.98 Å². The Hall–Kier alpha value is -1.27. The van der Waals surface area contributed by atoms with Crippen molar-refractivity contribution in [2.45, 2.75) is 6.92 Å². The predicted molar refractivity (Wildman–Crippen MR) is 45.1 cm³/mol. The number of nitriles is 1. The number of hydrogen-bond donors (Lipinski definition) is 0. The Kier molecular flexibility index (Phi) is 2.89. The molecule has 0 aromatic carbocycles. The summed E-state index contributed by atoms with van der Waals surface area (Å²) in [5, 5.41) is 8.90. The zero-order valence-corrected chi connectivity index (χ0v) is 7.30. The van der Waals surface area contributed by atoms with E-state index in [1.54, 1.807) is 0 Å². The maximum Gasteiger partial charge on any atom is 0.214 e. The molecule has 0 N–H and O–H groups in total. The molecule has 0 atom stereocenters. The van der Waals surface area contributed by atoms with Crippen LogP contribution in [0.1, 0.15) is 12.5 Å². The molecular weight excluding hydrogens is 176 g/mol. The van der Waals surface area contributed by atoms with Crippen LogP contribution in [0.3, 0.4) is 0 Å². The van der Waals surface area contributed by atoms with E-state index >= 15 is 0 Å². The number of pyridine rings is 1. The lowest BCUT2D eigenvalue weighted by Gasteiger charge is -2.01. The molecule has 0 saturated carbocycles. The lowest BCUT2D eigenvalue weighted by atomic mass is 10.3. The van der Waals surface area contributed by atoms with Crippen LogP contribution in [0.5, 0.6) is 5.88 Å². The van der Waals surface area contributed by atoms with Crippen LogP contribution in [0.2, 0.25) is 5.02 Å². The normalized spacial score (nSPS) is 9.08. The highest BCUT2D eigenvalue weighted by Crippen LogP contribution is 2.18. The van der Waals surface area contributed by atoms with Crippen LogP contribution in [0.15, 0.2) is 12.3 Å². The van der Waals surface area contributed by atoms with E-state index in [0.717, 1.165) is 0 Å². The molecule has 3 nitrogen and oxygen atoms in total. The molecule has 1 aromatic heterocycles. The molecule has 0 amide bonds. The van der Waals surface area contributed by atoms with E-state index in [0.29, 0.717) is 23.1 Å². The average molecular weight is 183 g/mol. The molecule has 0 aliphatic heterocycles. The molecule has 62 valence electrons. The highest BCUT2D eigenvalue weighted by molar-refractivity contribution is 6.31. The van der Waals surface area contributed by atoms with Gasteiger partial charge in [-0.3, -0.25) is 0 Å². The van der Waals surface area contributed by atoms with Gasteiger partial charge in [0.05, 0.1) is 23.4 Å². The van der Waals surface area contributed by atoms with Crippen molar-refractivity contribution in [3.8, 4) is 11.9 Å². The van der Waals surface area contributed by atoms with Crippen LogP contribution < -0.4 is 4.74 Å². The van der Waals surface area contributed by atoms with E-state index in [4.69, 9.17) is 21.6 Å². The van der Waals surface area contributed by atoms with E-state index < -0.39 is 0 Å². The molecule has 4 heteroatoms. The van der Waals surface area contributed by atoms with Gasteiger partial charge in [-0.25, -0.2) is 4.98 Å². The van der Waals surface area contributed by atoms with Gasteiger partial charge in [0.25, 0.3) is 0 Å². The third kappa shape index (κ3) is 1.86. The van der Waals surface area contributed by atoms with Gasteiger partial charge >= 0.3 is 0 Å². The maximum atomic E-state index is 8.52. The largest absolute Gasteiger partial charge is 0.478 e. The minimum atomic E-state index is 0.361. The first-order valence-corrected chi connectivity index (χ1v) is 3.84. The third-order valence-electron chi connectivity index (χ3n) is 1.24. The molecule has 0 aliphatic rings. The summed E-state index contributed by atoms with van der Waals surface area (Å²) in [5.41, 5.74) is 0.361. The smallest absolute Gasteiger partial charge is 0.214 e. The summed E-state index contributed by atoms with van der Waals surface area (Å²) < 4.78 is 5.08. The van der Waals surface area contributed by atoms with Gasteiger partial charge in [0.1, 0.15) is 6.07 Å². The minimum Gasteiger partial charge on any atom is -0.478 e. The van der Waals surface area contributed by atoms with Gasteiger partial charge in [-0.1, -0.05) is 11.6 Å². The summed E-state index contributed by atoms with van der Waals surface area (Å²) in [6.07, 6.45) is 1.40. The Morgan fingerprint density at radius 1 is 1.75 bits per heavy atom. The van der Waals surface area contributed by atoms with Crippen molar-refractivity contribution in [3.63, 3.8) is 0 Å². The number of hydrogen-bond acceptors (Lipinski definition) is 3. The second-order valence-electron chi connectivity index (χ2n) is 2.05. The van der Waals surface area contributed by atoms with E-state index in [-0.39, 0.29) is 0 Å². The predicted octanol–water partition coefficient (Wildman–Crippen LogP) is 2.01. The zero-order valence-electron chi connectivity index (χ0n) is 6.54. The molecular formula is C8H7ClN2O. The number of rotatable bonds is 2. The fraction of sp³-hybridized carbons (Fsp3) is 0.250. The first-order chi connectivity index (χ1) is 5.77. The van der Waals surface area contributed by atoms with Crippen molar-refractivity contribution in [2.75, 3.05) is 6.61 Å². The van der Waals surface area contributed by atoms with Gasteiger partial charge in [0.2, 0.25) is 5.88 Å². The monoisotopic (exact) mass is 182 g/mol. The van der Waals surface area contributed by atoms with Crippen molar-refractivity contribution in [3.05, 3.63) is 22.8 Å². The highest BCUT2D eigenvalue weighted by atomic mass is 35.5. The molecule has 0 unspecified atom stereocenters. The Balaban J connectivity index is 2.96. The third-order valence-corrected chi connectivity index (χ3v) is 1.55. The quantitative estimate of drug-likeness (QED) is 0.703. The molecule has 0 radical (unpaired) electrons. The molecule has 0 spiro atoms. The molecule has 12 heavy (non-hydrogen) atoms.